The average molecular weight is 119 g/mol. The number of nitrogens with zero attached hydrogens (tertiary/aromatic N) is 1. The SMILES string of the molecule is C.C=CCO[N+](=O)[O-]. The normalized spacial score (nSPS) is 6.50. The molecule has 0 fully saturated rings. The Morgan fingerprint density at radius 3 is 2.50 bits per heavy atom. The van der Waals surface area contributed by atoms with E-state index < -0.39 is 5.09 Å². The van der Waals surface area contributed by atoms with E-state index in [1.165, 1.54) is 6.08 Å². The van der Waals surface area contributed by atoms with E-state index >= 15 is 0 Å². The van der Waals surface area contributed by atoms with Gasteiger partial charge in [0.1, 0.15) is 6.61 Å². The Bertz CT molecular complexity index is 81.4. The van der Waals surface area contributed by atoms with E-state index in [2.05, 4.69) is 11.4 Å². The number of hydrogen-bond acceptors (Lipinski definition) is 3. The van der Waals surface area contributed by atoms with Crippen LogP contribution in [0, 0.1) is 10.1 Å². The molecule has 0 saturated carbocycles. The zero-order chi connectivity index (χ0) is 5.70. The molecule has 0 aliphatic carbocycles. The zero-order valence-corrected chi connectivity index (χ0v) is 3.66. The highest BCUT2D eigenvalue weighted by molar-refractivity contribution is 4.61. The lowest BCUT2D eigenvalue weighted by Crippen LogP contribution is -1.98. The van der Waals surface area contributed by atoms with Crippen LogP contribution in [0.15, 0.2) is 12.7 Å². The monoisotopic (exact) mass is 119 g/mol. The van der Waals surface area contributed by atoms with Crippen LogP contribution in [0.1, 0.15) is 7.43 Å². The van der Waals surface area contributed by atoms with Gasteiger partial charge in [-0.2, -0.15) is 0 Å². The van der Waals surface area contributed by atoms with E-state index in [1.807, 2.05) is 0 Å². The van der Waals surface area contributed by atoms with Crippen molar-refractivity contribution < 1.29 is 9.92 Å². The molecule has 0 N–H and O–H groups in total. The molecule has 0 rings (SSSR count). The van der Waals surface area contributed by atoms with Gasteiger partial charge in [-0.1, -0.05) is 13.5 Å². The van der Waals surface area contributed by atoms with Gasteiger partial charge in [0.15, 0.2) is 0 Å². The fraction of sp³-hybridized carbons (Fsp3) is 0.500. The van der Waals surface area contributed by atoms with Crippen molar-refractivity contribution in [1.29, 1.82) is 0 Å². The first-order chi connectivity index (χ1) is 3.27. The van der Waals surface area contributed by atoms with Crippen LogP contribution in [0.2, 0.25) is 0 Å². The summed E-state index contributed by atoms with van der Waals surface area (Å²) >= 11 is 0. The first-order valence-corrected chi connectivity index (χ1v) is 1.65. The second-order valence-electron chi connectivity index (χ2n) is 0.808. The minimum absolute atomic E-state index is 0. The topological polar surface area (TPSA) is 52.4 Å². The molecule has 0 unspecified atom stereocenters. The smallest absolute Gasteiger partial charge is 0.294 e. The standard InChI is InChI=1S/C3H5NO3.CH4/c1-2-3-7-4(5)6;/h2H,1,3H2;1H4. The molecule has 0 heterocycles. The van der Waals surface area contributed by atoms with E-state index in [9.17, 15) is 10.1 Å². The highest BCUT2D eigenvalue weighted by Gasteiger charge is 1.85. The van der Waals surface area contributed by atoms with Crippen LogP contribution in [0.4, 0.5) is 0 Å². The molecule has 0 radical (unpaired) electrons. The molecule has 0 spiro atoms. The Kier molecular flexibility index (Phi) is 7.45. The number of hydrogen-bond donors (Lipinski definition) is 0. The van der Waals surface area contributed by atoms with Gasteiger partial charge in [0.05, 0.1) is 0 Å². The Hall–Kier alpha value is -1.06. The van der Waals surface area contributed by atoms with Gasteiger partial charge in [0.2, 0.25) is 0 Å². The summed E-state index contributed by atoms with van der Waals surface area (Å²) in [6.45, 7) is 3.17. The lowest BCUT2D eigenvalue weighted by atomic mass is 10.7. The van der Waals surface area contributed by atoms with Gasteiger partial charge in [-0.05, 0) is 0 Å². The molecule has 0 bridgehead atoms. The van der Waals surface area contributed by atoms with E-state index in [0.29, 0.717) is 0 Å². The van der Waals surface area contributed by atoms with Gasteiger partial charge in [0.25, 0.3) is 5.09 Å². The third kappa shape index (κ3) is 8.87. The van der Waals surface area contributed by atoms with Crippen LogP contribution in [-0.4, -0.2) is 11.7 Å². The van der Waals surface area contributed by atoms with Crippen molar-refractivity contribution in [3.8, 4) is 0 Å². The maximum Gasteiger partial charge on any atom is 0.294 e. The van der Waals surface area contributed by atoms with Gasteiger partial charge in [-0.3, -0.25) is 0 Å². The molecule has 0 aliphatic heterocycles. The maximum absolute atomic E-state index is 9.29. The van der Waals surface area contributed by atoms with E-state index in [1.54, 1.807) is 0 Å². The molecular weight excluding hydrogens is 110 g/mol. The lowest BCUT2D eigenvalue weighted by molar-refractivity contribution is -0.755. The van der Waals surface area contributed by atoms with Crippen molar-refractivity contribution in [3.63, 3.8) is 0 Å². The summed E-state index contributed by atoms with van der Waals surface area (Å²) in [4.78, 5) is 13.1. The molecular formula is C4H9NO3. The maximum atomic E-state index is 9.29. The van der Waals surface area contributed by atoms with E-state index in [4.69, 9.17) is 0 Å². The molecule has 0 amide bonds. The predicted molar refractivity (Wildman–Crippen MR) is 29.9 cm³/mol. The molecule has 48 valence electrons. The summed E-state index contributed by atoms with van der Waals surface area (Å²) in [6, 6.07) is 0. The van der Waals surface area contributed by atoms with E-state index in [0.717, 1.165) is 0 Å². The van der Waals surface area contributed by atoms with Crippen molar-refractivity contribution in [2.75, 3.05) is 6.61 Å². The van der Waals surface area contributed by atoms with Gasteiger partial charge in [0, 0.05) is 0 Å². The second kappa shape index (κ2) is 5.94. The largest absolute Gasteiger partial charge is 0.310 e. The minimum atomic E-state index is -0.859. The van der Waals surface area contributed by atoms with Crippen molar-refractivity contribution in [2.45, 2.75) is 7.43 Å². The predicted octanol–water partition coefficient (Wildman–Crippen LogP) is 1.02. The average Bonchev–Trinajstić information content (AvgIpc) is 1.61. The third-order valence-electron chi connectivity index (χ3n) is 0.298. The molecule has 8 heavy (non-hydrogen) atoms. The zero-order valence-electron chi connectivity index (χ0n) is 3.66. The molecule has 0 aromatic rings. The molecule has 0 aliphatic rings. The molecule has 0 saturated heterocycles. The molecule has 4 heteroatoms. The Morgan fingerprint density at radius 1 is 1.88 bits per heavy atom. The number of rotatable bonds is 3. The molecule has 0 aromatic carbocycles. The van der Waals surface area contributed by atoms with Crippen LogP contribution in [0.5, 0.6) is 0 Å². The summed E-state index contributed by atoms with van der Waals surface area (Å²) in [5.74, 6) is 0. The Balaban J connectivity index is 0. The van der Waals surface area contributed by atoms with Crippen LogP contribution in [0.3, 0.4) is 0 Å². The highest BCUT2D eigenvalue weighted by Crippen LogP contribution is 1.71. The fourth-order valence-electron chi connectivity index (χ4n) is 0.114. The first-order valence-electron chi connectivity index (χ1n) is 1.65. The van der Waals surface area contributed by atoms with Crippen molar-refractivity contribution in [2.24, 2.45) is 0 Å². The first kappa shape index (κ1) is 10.0. The fourth-order valence-corrected chi connectivity index (χ4v) is 0.114. The van der Waals surface area contributed by atoms with Crippen molar-refractivity contribution in [1.82, 2.24) is 0 Å². The summed E-state index contributed by atoms with van der Waals surface area (Å²) in [5.41, 5.74) is 0. The van der Waals surface area contributed by atoms with Crippen LogP contribution in [0.25, 0.3) is 0 Å². The van der Waals surface area contributed by atoms with E-state index in [-0.39, 0.29) is 14.0 Å². The summed E-state index contributed by atoms with van der Waals surface area (Å²) in [6.07, 6.45) is 1.31. The molecule has 0 aromatic heterocycles. The van der Waals surface area contributed by atoms with Crippen LogP contribution >= 0.6 is 0 Å². The van der Waals surface area contributed by atoms with Crippen LogP contribution < -0.4 is 0 Å². The summed E-state index contributed by atoms with van der Waals surface area (Å²) in [5, 5.41) is 8.43. The quantitative estimate of drug-likeness (QED) is 0.316. The van der Waals surface area contributed by atoms with Crippen molar-refractivity contribution >= 4 is 0 Å². The minimum Gasteiger partial charge on any atom is -0.310 e. The highest BCUT2D eigenvalue weighted by atomic mass is 16.9. The summed E-state index contributed by atoms with van der Waals surface area (Å²) in [7, 11) is 0. The molecule has 4 nitrogen and oxygen atoms in total. The van der Waals surface area contributed by atoms with Gasteiger partial charge in [-0.25, -0.2) is 0 Å². The summed E-state index contributed by atoms with van der Waals surface area (Å²) < 4.78 is 0. The van der Waals surface area contributed by atoms with Crippen LogP contribution in [-0.2, 0) is 4.84 Å². The Morgan fingerprint density at radius 2 is 2.38 bits per heavy atom. The lowest BCUT2D eigenvalue weighted by Gasteiger charge is -1.85. The second-order valence-corrected chi connectivity index (χ2v) is 0.808. The van der Waals surface area contributed by atoms with Gasteiger partial charge >= 0.3 is 0 Å². The third-order valence-corrected chi connectivity index (χ3v) is 0.298. The molecule has 0 atom stereocenters. The van der Waals surface area contributed by atoms with Gasteiger partial charge in [-0.15, -0.1) is 16.7 Å². The van der Waals surface area contributed by atoms with Gasteiger partial charge < -0.3 is 4.84 Å². The van der Waals surface area contributed by atoms with Crippen molar-refractivity contribution in [3.05, 3.63) is 22.8 Å². The Labute approximate surface area is 47.9 Å².